The number of hydrogen-bond acceptors (Lipinski definition) is 6. The number of aryl methyl sites for hydroxylation is 1. The Morgan fingerprint density at radius 1 is 1.05 bits per heavy atom. The maximum absolute atomic E-state index is 9.52. The molecule has 1 aliphatic heterocycles. The molecule has 3 N–H and O–H groups in total. The number of benzene rings is 2. The highest BCUT2D eigenvalue weighted by molar-refractivity contribution is 6.00. The monoisotopic (exact) mass is 506 g/mol. The highest BCUT2D eigenvalue weighted by Crippen LogP contribution is 2.45. The molecule has 192 valence electrons. The van der Waals surface area contributed by atoms with E-state index in [1.807, 2.05) is 12.3 Å². The summed E-state index contributed by atoms with van der Waals surface area (Å²) < 4.78 is 10.8. The van der Waals surface area contributed by atoms with Crippen molar-refractivity contribution in [3.05, 3.63) is 90.4 Å². The fourth-order valence-electron chi connectivity index (χ4n) is 6.06. The Bertz CT molecular complexity index is 1600. The zero-order chi connectivity index (χ0) is 25.6. The topological polar surface area (TPSA) is 104 Å². The van der Waals surface area contributed by atoms with Gasteiger partial charge in [-0.05, 0) is 54.4 Å². The summed E-state index contributed by atoms with van der Waals surface area (Å²) >= 11 is 0. The molecule has 1 aliphatic carbocycles. The first-order chi connectivity index (χ1) is 18.7. The van der Waals surface area contributed by atoms with Gasteiger partial charge in [0.1, 0.15) is 42.1 Å². The Balaban J connectivity index is 1.18. The van der Waals surface area contributed by atoms with Gasteiger partial charge in [-0.3, -0.25) is 0 Å². The van der Waals surface area contributed by atoms with Gasteiger partial charge in [0.05, 0.1) is 5.39 Å². The van der Waals surface area contributed by atoms with Crippen molar-refractivity contribution in [1.29, 1.82) is 0 Å². The lowest BCUT2D eigenvalue weighted by Gasteiger charge is -2.37. The molecule has 0 amide bonds. The molecule has 8 nitrogen and oxygen atoms in total. The molecule has 0 radical (unpaired) electrons. The van der Waals surface area contributed by atoms with Crippen molar-refractivity contribution >= 4 is 16.9 Å². The van der Waals surface area contributed by atoms with E-state index in [4.69, 9.17) is 10.5 Å². The quantitative estimate of drug-likeness (QED) is 0.333. The molecule has 38 heavy (non-hydrogen) atoms. The van der Waals surface area contributed by atoms with Gasteiger partial charge in [0.15, 0.2) is 0 Å². The molecule has 0 spiro atoms. The summed E-state index contributed by atoms with van der Waals surface area (Å²) in [6, 6.07) is 17.3. The van der Waals surface area contributed by atoms with Crippen molar-refractivity contribution in [2.75, 3.05) is 5.73 Å². The Hall–Kier alpha value is -4.17. The number of aliphatic hydroxyl groups is 1. The van der Waals surface area contributed by atoms with E-state index in [9.17, 15) is 5.11 Å². The minimum Gasteiger partial charge on any atom is -0.485 e. The standard InChI is InChI=1S/C30H30N6O2/c31-29-28-24(22-7-6-21-8-9-25(38-26(21)14-22)20-4-2-1-3-5-20)16-36(30(28)34-18-33-29)23-12-19(13-23)15-35-11-10-32-27(35)17-37/h1-7,10-11,14,16,18-19,23,25,37H,8-9,12-13,15,17H2,(H2,31,33,34)/t19-,23+,25-/m1/s1. The minimum atomic E-state index is -0.0401. The predicted molar refractivity (Wildman–Crippen MR) is 145 cm³/mol. The van der Waals surface area contributed by atoms with Gasteiger partial charge >= 0.3 is 0 Å². The van der Waals surface area contributed by atoms with Crippen LogP contribution in [0.5, 0.6) is 5.75 Å². The second-order valence-corrected chi connectivity index (χ2v) is 10.4. The van der Waals surface area contributed by atoms with Crippen LogP contribution in [0.15, 0.2) is 73.4 Å². The molecule has 2 aromatic carbocycles. The zero-order valence-electron chi connectivity index (χ0n) is 21.1. The van der Waals surface area contributed by atoms with Crippen molar-refractivity contribution in [3.63, 3.8) is 0 Å². The molecule has 7 rings (SSSR count). The van der Waals surface area contributed by atoms with Crippen molar-refractivity contribution in [1.82, 2.24) is 24.1 Å². The first-order valence-corrected chi connectivity index (χ1v) is 13.2. The normalized spacial score (nSPS) is 20.6. The number of nitrogen functional groups attached to an aromatic ring is 1. The first-order valence-electron chi connectivity index (χ1n) is 13.2. The average Bonchev–Trinajstić information content (AvgIpc) is 3.55. The number of ether oxygens (including phenoxy) is 1. The molecule has 2 aliphatic rings. The molecule has 0 bridgehead atoms. The van der Waals surface area contributed by atoms with Crippen LogP contribution in [-0.4, -0.2) is 29.2 Å². The van der Waals surface area contributed by atoms with Crippen LogP contribution in [-0.2, 0) is 19.6 Å². The van der Waals surface area contributed by atoms with Gasteiger partial charge in [0.25, 0.3) is 0 Å². The highest BCUT2D eigenvalue weighted by atomic mass is 16.5. The maximum atomic E-state index is 9.52. The molecule has 3 aromatic heterocycles. The average molecular weight is 507 g/mol. The van der Waals surface area contributed by atoms with Crippen LogP contribution in [0.25, 0.3) is 22.2 Å². The summed E-state index contributed by atoms with van der Waals surface area (Å²) in [5.74, 6) is 2.66. The van der Waals surface area contributed by atoms with Crippen LogP contribution >= 0.6 is 0 Å². The molecule has 1 atom stereocenters. The zero-order valence-corrected chi connectivity index (χ0v) is 21.1. The molecule has 0 unspecified atom stereocenters. The Kier molecular flexibility index (Phi) is 5.62. The van der Waals surface area contributed by atoms with Gasteiger partial charge in [-0.1, -0.05) is 42.5 Å². The van der Waals surface area contributed by atoms with E-state index in [1.54, 1.807) is 12.5 Å². The Labute approximate surface area is 220 Å². The number of nitrogens with two attached hydrogens (primary N) is 1. The van der Waals surface area contributed by atoms with Gasteiger partial charge in [-0.2, -0.15) is 0 Å². The van der Waals surface area contributed by atoms with Crippen molar-refractivity contribution in [2.24, 2.45) is 5.92 Å². The van der Waals surface area contributed by atoms with Crippen LogP contribution in [0.4, 0.5) is 5.82 Å². The molecule has 5 aromatic rings. The van der Waals surface area contributed by atoms with E-state index < -0.39 is 0 Å². The number of hydrogen-bond donors (Lipinski definition) is 2. The SMILES string of the molecule is Nc1ncnc2c1c(-c1ccc3c(c1)O[C@@H](c1ccccc1)CC3)cn2[C@H]1C[C@@H](Cn2ccnc2CO)C1. The van der Waals surface area contributed by atoms with Gasteiger partial charge in [-0.25, -0.2) is 15.0 Å². The summed E-state index contributed by atoms with van der Waals surface area (Å²) in [5.41, 5.74) is 11.8. The smallest absolute Gasteiger partial charge is 0.146 e. The van der Waals surface area contributed by atoms with E-state index in [1.165, 1.54) is 11.1 Å². The number of imidazole rings is 1. The van der Waals surface area contributed by atoms with Crippen LogP contribution in [0.1, 0.15) is 48.4 Å². The molecular formula is C30H30N6O2. The molecule has 0 saturated heterocycles. The van der Waals surface area contributed by atoms with E-state index in [0.29, 0.717) is 23.6 Å². The lowest BCUT2D eigenvalue weighted by molar-refractivity contribution is 0.173. The van der Waals surface area contributed by atoms with Crippen LogP contribution < -0.4 is 10.5 Å². The number of aliphatic hydroxyl groups excluding tert-OH is 1. The van der Waals surface area contributed by atoms with Gasteiger partial charge in [-0.15, -0.1) is 0 Å². The number of nitrogens with zero attached hydrogens (tertiary/aromatic N) is 5. The van der Waals surface area contributed by atoms with Crippen LogP contribution in [0.3, 0.4) is 0 Å². The number of rotatable bonds is 6. The van der Waals surface area contributed by atoms with Gasteiger partial charge in [0.2, 0.25) is 0 Å². The summed E-state index contributed by atoms with van der Waals surface area (Å²) in [7, 11) is 0. The number of anilines is 1. The molecular weight excluding hydrogens is 476 g/mol. The van der Waals surface area contributed by atoms with E-state index >= 15 is 0 Å². The first kappa shape index (κ1) is 23.0. The molecule has 1 saturated carbocycles. The van der Waals surface area contributed by atoms with Gasteiger partial charge < -0.3 is 24.7 Å². The predicted octanol–water partition coefficient (Wildman–Crippen LogP) is 5.09. The van der Waals surface area contributed by atoms with E-state index in [2.05, 4.69) is 72.7 Å². The fraction of sp³-hybridized carbons (Fsp3) is 0.300. The summed E-state index contributed by atoms with van der Waals surface area (Å²) in [5, 5.41) is 10.4. The third kappa shape index (κ3) is 3.92. The third-order valence-electron chi connectivity index (χ3n) is 8.14. The number of aromatic nitrogens is 5. The largest absolute Gasteiger partial charge is 0.485 e. The number of fused-ring (bicyclic) bond motifs is 2. The molecule has 8 heteroatoms. The van der Waals surface area contributed by atoms with Gasteiger partial charge in [0, 0.05) is 36.7 Å². The Morgan fingerprint density at radius 3 is 2.76 bits per heavy atom. The van der Waals surface area contributed by atoms with Crippen molar-refractivity contribution in [2.45, 2.75) is 51.0 Å². The molecule has 1 fully saturated rings. The second-order valence-electron chi connectivity index (χ2n) is 10.4. The van der Waals surface area contributed by atoms with Crippen LogP contribution in [0, 0.1) is 5.92 Å². The highest BCUT2D eigenvalue weighted by Gasteiger charge is 2.33. The lowest BCUT2D eigenvalue weighted by Crippen LogP contribution is -2.30. The Morgan fingerprint density at radius 2 is 1.92 bits per heavy atom. The van der Waals surface area contributed by atoms with E-state index in [-0.39, 0.29) is 12.7 Å². The van der Waals surface area contributed by atoms with Crippen molar-refractivity contribution < 1.29 is 9.84 Å². The molecule has 4 heterocycles. The summed E-state index contributed by atoms with van der Waals surface area (Å²) in [6.07, 6.45) is 11.5. The third-order valence-corrected chi connectivity index (χ3v) is 8.14. The maximum Gasteiger partial charge on any atom is 0.146 e. The van der Waals surface area contributed by atoms with Crippen molar-refractivity contribution in [3.8, 4) is 16.9 Å². The van der Waals surface area contributed by atoms with E-state index in [0.717, 1.165) is 60.1 Å². The summed E-state index contributed by atoms with van der Waals surface area (Å²) in [6.45, 7) is 0.821. The fourth-order valence-corrected chi connectivity index (χ4v) is 6.06. The summed E-state index contributed by atoms with van der Waals surface area (Å²) in [4.78, 5) is 13.2. The van der Waals surface area contributed by atoms with Crippen LogP contribution in [0.2, 0.25) is 0 Å². The second kappa shape index (κ2) is 9.29. The lowest BCUT2D eigenvalue weighted by atomic mass is 9.80. The minimum absolute atomic E-state index is 0.0401.